The average molecular weight is 261 g/mol. The Labute approximate surface area is 105 Å². The summed E-state index contributed by atoms with van der Waals surface area (Å²) < 4.78 is 0. The molecule has 0 atom stereocenters. The van der Waals surface area contributed by atoms with Gasteiger partial charge in [-0.15, -0.1) is 0 Å². The zero-order valence-corrected chi connectivity index (χ0v) is 11.0. The van der Waals surface area contributed by atoms with Crippen LogP contribution in [0.5, 0.6) is 0 Å². The fourth-order valence-electron chi connectivity index (χ4n) is 1.04. The van der Waals surface area contributed by atoms with Crippen molar-refractivity contribution in [2.24, 2.45) is 5.41 Å². The Morgan fingerprint density at radius 3 is 2.25 bits per heavy atom. The highest BCUT2D eigenvalue weighted by Gasteiger charge is 2.14. The molecule has 1 N–H and O–H groups in total. The van der Waals surface area contributed by atoms with Gasteiger partial charge >= 0.3 is 0 Å². The summed E-state index contributed by atoms with van der Waals surface area (Å²) in [4.78, 5) is 15.5. The van der Waals surface area contributed by atoms with Crippen LogP contribution in [0.25, 0.3) is 0 Å². The van der Waals surface area contributed by atoms with Crippen molar-refractivity contribution in [1.29, 1.82) is 0 Å². The summed E-state index contributed by atoms with van der Waals surface area (Å²) in [5, 5.41) is 3.24. The van der Waals surface area contributed by atoms with Gasteiger partial charge in [-0.3, -0.25) is 4.79 Å². The summed E-state index contributed by atoms with van der Waals surface area (Å²) in [5.41, 5.74) is 0.463. The van der Waals surface area contributed by atoms with Gasteiger partial charge in [0.05, 0.1) is 0 Å². The minimum absolute atomic E-state index is 0.0380. The number of halogens is 2. The Morgan fingerprint density at radius 2 is 1.81 bits per heavy atom. The minimum atomic E-state index is -0.193. The molecular formula is C11H14Cl2N2O. The fraction of sp³-hybridized carbons (Fsp3) is 0.455. The highest BCUT2D eigenvalue weighted by atomic mass is 35.5. The highest BCUT2D eigenvalue weighted by molar-refractivity contribution is 6.33. The molecular weight excluding hydrogens is 247 g/mol. The highest BCUT2D eigenvalue weighted by Crippen LogP contribution is 2.15. The molecule has 88 valence electrons. The van der Waals surface area contributed by atoms with Crippen LogP contribution in [0.15, 0.2) is 12.1 Å². The van der Waals surface area contributed by atoms with Gasteiger partial charge in [0.15, 0.2) is 0 Å². The van der Waals surface area contributed by atoms with Crippen molar-refractivity contribution in [3.8, 4) is 0 Å². The summed E-state index contributed by atoms with van der Waals surface area (Å²) in [6.07, 6.45) is 0. The first-order chi connectivity index (χ1) is 7.28. The van der Waals surface area contributed by atoms with Gasteiger partial charge < -0.3 is 5.32 Å². The standard InChI is InChI=1S/C11H14Cl2N2O/c1-11(2,3)6-14-10(16)7-4-8(12)15-9(13)5-7/h4-5H,6H2,1-3H3,(H,14,16). The topological polar surface area (TPSA) is 42.0 Å². The van der Waals surface area contributed by atoms with E-state index in [2.05, 4.69) is 10.3 Å². The molecule has 0 saturated heterocycles. The van der Waals surface area contributed by atoms with E-state index in [4.69, 9.17) is 23.2 Å². The fourth-order valence-corrected chi connectivity index (χ4v) is 1.50. The number of hydrogen-bond donors (Lipinski definition) is 1. The number of amides is 1. The molecule has 1 heterocycles. The van der Waals surface area contributed by atoms with E-state index >= 15 is 0 Å². The molecule has 0 bridgehead atoms. The van der Waals surface area contributed by atoms with Crippen molar-refractivity contribution in [2.45, 2.75) is 20.8 Å². The molecule has 1 rings (SSSR count). The van der Waals surface area contributed by atoms with Crippen molar-refractivity contribution in [1.82, 2.24) is 10.3 Å². The maximum Gasteiger partial charge on any atom is 0.251 e. The molecule has 0 aliphatic rings. The van der Waals surface area contributed by atoms with E-state index in [1.807, 2.05) is 20.8 Å². The lowest BCUT2D eigenvalue weighted by Gasteiger charge is -2.18. The van der Waals surface area contributed by atoms with Crippen molar-refractivity contribution in [3.05, 3.63) is 28.0 Å². The van der Waals surface area contributed by atoms with Gasteiger partial charge in [0.1, 0.15) is 10.3 Å². The Morgan fingerprint density at radius 1 is 1.31 bits per heavy atom. The third-order valence-corrected chi connectivity index (χ3v) is 2.19. The molecule has 0 aliphatic heterocycles. The van der Waals surface area contributed by atoms with Crippen LogP contribution in [0, 0.1) is 5.41 Å². The molecule has 0 fully saturated rings. The summed E-state index contributed by atoms with van der Waals surface area (Å²) in [7, 11) is 0. The lowest BCUT2D eigenvalue weighted by atomic mass is 9.97. The van der Waals surface area contributed by atoms with E-state index < -0.39 is 0 Å². The number of nitrogens with one attached hydrogen (secondary N) is 1. The van der Waals surface area contributed by atoms with E-state index in [0.29, 0.717) is 12.1 Å². The van der Waals surface area contributed by atoms with E-state index in [0.717, 1.165) is 0 Å². The SMILES string of the molecule is CC(C)(C)CNC(=O)c1cc(Cl)nc(Cl)c1. The predicted molar refractivity (Wildman–Crippen MR) is 66.0 cm³/mol. The molecule has 3 nitrogen and oxygen atoms in total. The van der Waals surface area contributed by atoms with Gasteiger partial charge in [-0.1, -0.05) is 44.0 Å². The van der Waals surface area contributed by atoms with Crippen molar-refractivity contribution < 1.29 is 4.79 Å². The maximum absolute atomic E-state index is 11.7. The monoisotopic (exact) mass is 260 g/mol. The Kier molecular flexibility index (Phi) is 4.16. The van der Waals surface area contributed by atoms with Gasteiger partial charge in [0, 0.05) is 12.1 Å². The Bertz CT molecular complexity index is 379. The first-order valence-corrected chi connectivity index (χ1v) is 5.65. The van der Waals surface area contributed by atoms with Gasteiger partial charge in [-0.05, 0) is 17.5 Å². The summed E-state index contributed by atoms with van der Waals surface area (Å²) in [5.74, 6) is -0.193. The number of hydrogen-bond acceptors (Lipinski definition) is 2. The normalized spacial score (nSPS) is 11.3. The zero-order valence-electron chi connectivity index (χ0n) is 9.47. The van der Waals surface area contributed by atoms with Crippen LogP contribution in [0.3, 0.4) is 0 Å². The average Bonchev–Trinajstić information content (AvgIpc) is 2.11. The van der Waals surface area contributed by atoms with Gasteiger partial charge in [0.25, 0.3) is 5.91 Å². The van der Waals surface area contributed by atoms with Crippen LogP contribution in [-0.2, 0) is 0 Å². The van der Waals surface area contributed by atoms with Crippen molar-refractivity contribution in [2.75, 3.05) is 6.54 Å². The number of rotatable bonds is 2. The van der Waals surface area contributed by atoms with Crippen molar-refractivity contribution >= 4 is 29.1 Å². The smallest absolute Gasteiger partial charge is 0.251 e. The first kappa shape index (κ1) is 13.3. The molecule has 0 aliphatic carbocycles. The molecule has 0 aromatic carbocycles. The second-order valence-corrected chi connectivity index (χ2v) is 5.52. The Balaban J connectivity index is 2.73. The quantitative estimate of drug-likeness (QED) is 0.831. The lowest BCUT2D eigenvalue weighted by Crippen LogP contribution is -2.32. The van der Waals surface area contributed by atoms with E-state index in [1.165, 1.54) is 12.1 Å². The second-order valence-electron chi connectivity index (χ2n) is 4.74. The van der Waals surface area contributed by atoms with Crippen LogP contribution in [0.1, 0.15) is 31.1 Å². The molecule has 0 spiro atoms. The van der Waals surface area contributed by atoms with Crippen LogP contribution >= 0.6 is 23.2 Å². The number of pyridine rings is 1. The van der Waals surface area contributed by atoms with Gasteiger partial charge in [-0.25, -0.2) is 4.98 Å². The van der Waals surface area contributed by atoms with E-state index in [1.54, 1.807) is 0 Å². The first-order valence-electron chi connectivity index (χ1n) is 4.89. The minimum Gasteiger partial charge on any atom is -0.352 e. The predicted octanol–water partition coefficient (Wildman–Crippen LogP) is 3.16. The van der Waals surface area contributed by atoms with Crippen LogP contribution in [0.2, 0.25) is 10.3 Å². The zero-order chi connectivity index (χ0) is 12.3. The number of carbonyl (C=O) groups is 1. The molecule has 1 amide bonds. The van der Waals surface area contributed by atoms with E-state index in [9.17, 15) is 4.79 Å². The second kappa shape index (κ2) is 5.02. The summed E-state index contributed by atoms with van der Waals surface area (Å²) in [6, 6.07) is 2.98. The summed E-state index contributed by atoms with van der Waals surface area (Å²) >= 11 is 11.4. The number of carbonyl (C=O) groups excluding carboxylic acids is 1. The van der Waals surface area contributed by atoms with Crippen molar-refractivity contribution in [3.63, 3.8) is 0 Å². The van der Waals surface area contributed by atoms with Crippen LogP contribution in [-0.4, -0.2) is 17.4 Å². The lowest BCUT2D eigenvalue weighted by molar-refractivity contribution is 0.0939. The maximum atomic E-state index is 11.7. The van der Waals surface area contributed by atoms with Crippen LogP contribution in [0.4, 0.5) is 0 Å². The van der Waals surface area contributed by atoms with Gasteiger partial charge in [-0.2, -0.15) is 0 Å². The third-order valence-electron chi connectivity index (χ3n) is 1.80. The largest absolute Gasteiger partial charge is 0.352 e. The third kappa shape index (κ3) is 4.37. The molecule has 1 aromatic rings. The molecule has 5 heteroatoms. The molecule has 0 saturated carbocycles. The molecule has 16 heavy (non-hydrogen) atoms. The van der Waals surface area contributed by atoms with Gasteiger partial charge in [0.2, 0.25) is 0 Å². The Hall–Kier alpha value is -0.800. The number of nitrogens with zero attached hydrogens (tertiary/aromatic N) is 1. The summed E-state index contributed by atoms with van der Waals surface area (Å²) in [6.45, 7) is 6.71. The van der Waals surface area contributed by atoms with Crippen LogP contribution < -0.4 is 5.32 Å². The molecule has 0 radical (unpaired) electrons. The molecule has 0 unspecified atom stereocenters. The molecule has 1 aromatic heterocycles. The number of aromatic nitrogens is 1. The van der Waals surface area contributed by atoms with E-state index in [-0.39, 0.29) is 21.6 Å².